The van der Waals surface area contributed by atoms with Crippen molar-refractivity contribution in [2.24, 2.45) is 11.3 Å². The number of carbonyl (C=O) groups excluding carboxylic acids is 2. The van der Waals surface area contributed by atoms with Gasteiger partial charge in [0.2, 0.25) is 11.7 Å². The van der Waals surface area contributed by atoms with Crippen LogP contribution in [-0.4, -0.2) is 36.7 Å². The zero-order valence-corrected chi connectivity index (χ0v) is 29.4. The van der Waals surface area contributed by atoms with Crippen molar-refractivity contribution in [1.82, 2.24) is 4.90 Å². The third-order valence-corrected chi connectivity index (χ3v) is 9.56. The molecule has 5 aromatic rings. The molecule has 0 aliphatic carbocycles. The van der Waals surface area contributed by atoms with Crippen LogP contribution in [0, 0.1) is 23.0 Å². The first kappa shape index (κ1) is 35.8. The molecule has 2 heterocycles. The maximum absolute atomic E-state index is 15.5. The molecule has 2 fully saturated rings. The second-order valence-electron chi connectivity index (χ2n) is 14.1. The summed E-state index contributed by atoms with van der Waals surface area (Å²) in [5.41, 5.74) is 2.75. The Balaban J connectivity index is 1.38. The number of benzene rings is 5. The van der Waals surface area contributed by atoms with Crippen LogP contribution in [0.15, 0.2) is 133 Å². The second-order valence-corrected chi connectivity index (χ2v) is 14.1. The monoisotopic (exact) mass is 718 g/mol. The van der Waals surface area contributed by atoms with E-state index in [1.54, 1.807) is 24.3 Å². The molecule has 2 aliphatic rings. The summed E-state index contributed by atoms with van der Waals surface area (Å²) in [4.78, 5) is 30.3. The molecular weight excluding hydrogens is 678 g/mol. The average Bonchev–Trinajstić information content (AvgIpc) is 3.57. The summed E-state index contributed by atoms with van der Waals surface area (Å²) in [7, 11) is 0. The van der Waals surface area contributed by atoms with E-state index in [0.29, 0.717) is 34.7 Å². The summed E-state index contributed by atoms with van der Waals surface area (Å²) in [6.45, 7) is 4.60. The fraction of sp³-hybridized carbons (Fsp3) is 0.256. The fourth-order valence-electron chi connectivity index (χ4n) is 6.75. The number of hydrogen-bond acceptors (Lipinski definition) is 7. The van der Waals surface area contributed by atoms with E-state index in [0.717, 1.165) is 10.5 Å². The van der Waals surface area contributed by atoms with Gasteiger partial charge < -0.3 is 24.3 Å². The summed E-state index contributed by atoms with van der Waals surface area (Å²) in [5.74, 6) is -4.13. The van der Waals surface area contributed by atoms with E-state index in [4.69, 9.17) is 18.9 Å². The molecule has 7 rings (SSSR count). The minimum Gasteiger partial charge on any atom is -0.489 e. The Morgan fingerprint density at radius 3 is 2.02 bits per heavy atom. The van der Waals surface area contributed by atoms with Crippen LogP contribution in [0.25, 0.3) is 0 Å². The summed E-state index contributed by atoms with van der Waals surface area (Å²) >= 11 is 0. The molecule has 2 amide bonds. The first-order chi connectivity index (χ1) is 25.6. The topological polar surface area (TPSA) is 86.3 Å². The lowest BCUT2D eigenvalue weighted by Crippen LogP contribution is -2.57. The second kappa shape index (κ2) is 15.2. The first-order valence-corrected chi connectivity index (χ1v) is 17.5. The molecule has 272 valence electrons. The fourth-order valence-corrected chi connectivity index (χ4v) is 6.75. The number of rotatable bonds is 11. The zero-order valence-electron chi connectivity index (χ0n) is 29.4. The van der Waals surface area contributed by atoms with Crippen LogP contribution in [-0.2, 0) is 31.4 Å². The summed E-state index contributed by atoms with van der Waals surface area (Å²) in [6, 6.07) is 35.8. The first-order valence-electron chi connectivity index (χ1n) is 17.5. The molecule has 3 atom stereocenters. The van der Waals surface area contributed by atoms with Crippen LogP contribution in [0.2, 0.25) is 0 Å². The van der Waals surface area contributed by atoms with Gasteiger partial charge >= 0.3 is 6.09 Å². The van der Waals surface area contributed by atoms with Gasteiger partial charge in [0, 0.05) is 16.7 Å². The highest BCUT2D eigenvalue weighted by Gasteiger charge is 2.58. The van der Waals surface area contributed by atoms with Crippen LogP contribution in [0.3, 0.4) is 0 Å². The minimum atomic E-state index is -1.83. The van der Waals surface area contributed by atoms with Gasteiger partial charge in [0.1, 0.15) is 42.6 Å². The number of anilines is 1. The molecule has 0 aromatic heterocycles. The molecule has 0 bridgehead atoms. The highest BCUT2D eigenvalue weighted by molar-refractivity contribution is 5.96. The molecule has 2 saturated heterocycles. The van der Waals surface area contributed by atoms with Crippen molar-refractivity contribution in [2.75, 3.05) is 25.1 Å². The smallest absolute Gasteiger partial charge is 0.417 e. The highest BCUT2D eigenvalue weighted by Crippen LogP contribution is 2.49. The molecule has 0 spiro atoms. The molecule has 8 nitrogen and oxygen atoms in total. The Labute approximate surface area is 307 Å². The number of ether oxygens (including phenoxy) is 4. The predicted octanol–water partition coefficient (Wildman–Crippen LogP) is 8.96. The number of hydrogen-bond donors (Lipinski definition) is 1. The average molecular weight is 719 g/mol. The summed E-state index contributed by atoms with van der Waals surface area (Å²) in [6.07, 6.45) is -0.815. The SMILES string of the molecule is CC1(C)COC(c2ccc(F)cc2)([C@H](C(=O)N2C(=O)OC[C@@H]2c2ccccc2)[C@H](Nc2ccc(F)cc2)c2ccc(OCc3ccccc3)cc2)OC1. The predicted molar refractivity (Wildman–Crippen MR) is 195 cm³/mol. The molecule has 5 aromatic carbocycles. The van der Waals surface area contributed by atoms with Gasteiger partial charge in [-0.05, 0) is 65.2 Å². The largest absolute Gasteiger partial charge is 0.489 e. The maximum atomic E-state index is 15.5. The van der Waals surface area contributed by atoms with Gasteiger partial charge in [-0.1, -0.05) is 98.8 Å². The molecule has 10 heteroatoms. The Morgan fingerprint density at radius 2 is 1.40 bits per heavy atom. The van der Waals surface area contributed by atoms with Crippen molar-refractivity contribution in [1.29, 1.82) is 0 Å². The number of halogens is 2. The number of imide groups is 1. The lowest BCUT2D eigenvalue weighted by atomic mass is 9.79. The van der Waals surface area contributed by atoms with Crippen LogP contribution in [0.4, 0.5) is 19.3 Å². The van der Waals surface area contributed by atoms with Crippen molar-refractivity contribution < 1.29 is 37.3 Å². The highest BCUT2D eigenvalue weighted by atomic mass is 19.1. The molecule has 1 N–H and O–H groups in total. The van der Waals surface area contributed by atoms with E-state index in [2.05, 4.69) is 5.32 Å². The van der Waals surface area contributed by atoms with Crippen LogP contribution < -0.4 is 10.1 Å². The van der Waals surface area contributed by atoms with Crippen molar-refractivity contribution in [2.45, 2.75) is 38.3 Å². The van der Waals surface area contributed by atoms with E-state index in [9.17, 15) is 13.6 Å². The summed E-state index contributed by atoms with van der Waals surface area (Å²) in [5, 5.41) is 3.46. The molecular formula is C43H40F2N2O6. The molecule has 53 heavy (non-hydrogen) atoms. The molecule has 0 unspecified atom stereocenters. The molecule has 0 radical (unpaired) electrons. The van der Waals surface area contributed by atoms with Crippen molar-refractivity contribution in [3.05, 3.63) is 167 Å². The molecule has 2 aliphatic heterocycles. The Bertz CT molecular complexity index is 2000. The van der Waals surface area contributed by atoms with Gasteiger partial charge in [-0.15, -0.1) is 0 Å². The van der Waals surface area contributed by atoms with E-state index in [-0.39, 0.29) is 19.8 Å². The van der Waals surface area contributed by atoms with Crippen LogP contribution in [0.1, 0.15) is 48.2 Å². The van der Waals surface area contributed by atoms with Gasteiger partial charge in [0.05, 0.1) is 19.3 Å². The van der Waals surface area contributed by atoms with E-state index in [1.807, 2.05) is 86.6 Å². The van der Waals surface area contributed by atoms with E-state index < -0.39 is 52.8 Å². The zero-order chi connectivity index (χ0) is 37.0. The normalized spacial score (nSPS) is 18.8. The maximum Gasteiger partial charge on any atom is 0.417 e. The van der Waals surface area contributed by atoms with Gasteiger partial charge in [-0.25, -0.2) is 18.5 Å². The van der Waals surface area contributed by atoms with Gasteiger partial charge in [0.15, 0.2) is 0 Å². The number of nitrogens with zero attached hydrogens (tertiary/aromatic N) is 1. The number of cyclic esters (lactones) is 1. The van der Waals surface area contributed by atoms with Crippen LogP contribution >= 0.6 is 0 Å². The molecule has 0 saturated carbocycles. The quantitative estimate of drug-likeness (QED) is 0.146. The van der Waals surface area contributed by atoms with E-state index in [1.165, 1.54) is 36.4 Å². The third-order valence-electron chi connectivity index (χ3n) is 9.56. The number of carbonyl (C=O) groups is 2. The minimum absolute atomic E-state index is 0.0525. The van der Waals surface area contributed by atoms with Crippen molar-refractivity contribution >= 4 is 17.7 Å². The standard InChI is InChI=1S/C43H40F2N2O6/c1-42(2)27-52-43(53-28-42,32-15-17-33(44)18-16-32)38(40(48)47-37(26-51-41(47)49)30-11-7-4-8-12-30)39(46-35-21-19-34(45)20-22-35)31-13-23-36(24-14-31)50-25-29-9-5-3-6-10-29/h3-24,37-39,46H,25-28H2,1-2H3/t37-,38+,39-/m1/s1. The van der Waals surface area contributed by atoms with E-state index >= 15 is 4.79 Å². The van der Waals surface area contributed by atoms with Crippen LogP contribution in [0.5, 0.6) is 5.75 Å². The lowest BCUT2D eigenvalue weighted by Gasteiger charge is -2.49. The third kappa shape index (κ3) is 7.79. The Morgan fingerprint density at radius 1 is 0.811 bits per heavy atom. The Kier molecular flexibility index (Phi) is 10.3. The van der Waals surface area contributed by atoms with Gasteiger partial charge in [-0.3, -0.25) is 4.79 Å². The Hall–Kier alpha value is -5.58. The lowest BCUT2D eigenvalue weighted by molar-refractivity contribution is -0.330. The van der Waals surface area contributed by atoms with Gasteiger partial charge in [-0.2, -0.15) is 0 Å². The van der Waals surface area contributed by atoms with Crippen molar-refractivity contribution in [3.8, 4) is 5.75 Å². The number of nitrogens with one attached hydrogen (secondary N) is 1. The number of amides is 2. The summed E-state index contributed by atoms with van der Waals surface area (Å²) < 4.78 is 53.7. The van der Waals surface area contributed by atoms with Gasteiger partial charge in [0.25, 0.3) is 0 Å². The van der Waals surface area contributed by atoms with Crippen molar-refractivity contribution in [3.63, 3.8) is 0 Å².